The summed E-state index contributed by atoms with van der Waals surface area (Å²) in [5.74, 6) is -1.53. The second-order valence-corrected chi connectivity index (χ2v) is 8.85. The number of hydrogen-bond acceptors (Lipinski definition) is 4. The highest BCUT2D eigenvalue weighted by atomic mass is 19.1. The molecule has 2 aliphatic rings. The van der Waals surface area contributed by atoms with E-state index in [1.54, 1.807) is 11.0 Å². The van der Waals surface area contributed by atoms with Gasteiger partial charge in [-0.05, 0) is 24.5 Å². The van der Waals surface area contributed by atoms with Crippen molar-refractivity contribution in [3.05, 3.63) is 71.5 Å². The summed E-state index contributed by atoms with van der Waals surface area (Å²) in [4.78, 5) is 42.7. The molecule has 0 unspecified atom stereocenters. The highest BCUT2D eigenvalue weighted by molar-refractivity contribution is 6.10. The molecule has 0 N–H and O–H groups in total. The van der Waals surface area contributed by atoms with Crippen LogP contribution in [0.4, 0.5) is 4.39 Å². The van der Waals surface area contributed by atoms with Crippen molar-refractivity contribution in [2.45, 2.75) is 37.0 Å². The van der Waals surface area contributed by atoms with Crippen molar-refractivity contribution in [1.29, 1.82) is 0 Å². The standard InChI is InChI=1S/C26H29FN2O4/c1-33-15-14-29-24(31)17-26(25(29)32,21-11-5-6-12-22(21)27)16-23(30)28-13-7-10-20(18-28)19-8-3-2-4-9-19/h2-6,8-9,11-12,20H,7,10,13-18H2,1H3/t20-,26-/m0/s1. The maximum atomic E-state index is 14.9. The minimum absolute atomic E-state index is 0.0817. The number of ether oxygens (including phenoxy) is 1. The molecule has 33 heavy (non-hydrogen) atoms. The summed E-state index contributed by atoms with van der Waals surface area (Å²) in [5.41, 5.74) is -0.252. The van der Waals surface area contributed by atoms with Crippen molar-refractivity contribution in [3.8, 4) is 0 Å². The number of benzene rings is 2. The molecule has 2 aromatic carbocycles. The first-order chi connectivity index (χ1) is 16.0. The topological polar surface area (TPSA) is 66.9 Å². The van der Waals surface area contributed by atoms with Crippen LogP contribution in [0.15, 0.2) is 54.6 Å². The lowest BCUT2D eigenvalue weighted by Crippen LogP contribution is -2.46. The summed E-state index contributed by atoms with van der Waals surface area (Å²) in [7, 11) is 1.48. The molecule has 2 saturated heterocycles. The molecule has 0 aromatic heterocycles. The number of imide groups is 1. The number of piperidine rings is 1. The van der Waals surface area contributed by atoms with Crippen LogP contribution in [0.1, 0.15) is 42.7 Å². The lowest BCUT2D eigenvalue weighted by atomic mass is 9.75. The number of amides is 3. The first-order valence-electron chi connectivity index (χ1n) is 11.4. The average Bonchev–Trinajstić information content (AvgIpc) is 3.07. The molecule has 7 heteroatoms. The van der Waals surface area contributed by atoms with Gasteiger partial charge in [0.05, 0.1) is 18.6 Å². The van der Waals surface area contributed by atoms with E-state index in [4.69, 9.17) is 4.74 Å². The molecule has 2 fully saturated rings. The van der Waals surface area contributed by atoms with Gasteiger partial charge < -0.3 is 9.64 Å². The fourth-order valence-electron chi connectivity index (χ4n) is 5.07. The Morgan fingerprint density at radius 2 is 1.85 bits per heavy atom. The summed E-state index contributed by atoms with van der Waals surface area (Å²) in [6.45, 7) is 1.40. The average molecular weight is 453 g/mol. The van der Waals surface area contributed by atoms with E-state index in [-0.39, 0.29) is 43.4 Å². The van der Waals surface area contributed by atoms with Crippen LogP contribution in [0.25, 0.3) is 0 Å². The first kappa shape index (κ1) is 23.1. The smallest absolute Gasteiger partial charge is 0.241 e. The van der Waals surface area contributed by atoms with Gasteiger partial charge in [0.1, 0.15) is 5.82 Å². The highest BCUT2D eigenvalue weighted by Gasteiger charge is 2.55. The van der Waals surface area contributed by atoms with Gasteiger partial charge in [-0.3, -0.25) is 19.3 Å². The summed E-state index contributed by atoms with van der Waals surface area (Å²) in [6, 6.07) is 16.0. The molecule has 0 bridgehead atoms. The van der Waals surface area contributed by atoms with Crippen molar-refractivity contribution < 1.29 is 23.5 Å². The van der Waals surface area contributed by atoms with Crippen LogP contribution in [-0.2, 0) is 24.5 Å². The molecular formula is C26H29FN2O4. The van der Waals surface area contributed by atoms with Crippen LogP contribution >= 0.6 is 0 Å². The van der Waals surface area contributed by atoms with Gasteiger partial charge in [-0.15, -0.1) is 0 Å². The fraction of sp³-hybridized carbons (Fsp3) is 0.423. The second-order valence-electron chi connectivity index (χ2n) is 8.85. The van der Waals surface area contributed by atoms with Gasteiger partial charge in [-0.1, -0.05) is 48.5 Å². The molecule has 2 aliphatic heterocycles. The van der Waals surface area contributed by atoms with E-state index in [1.807, 2.05) is 18.2 Å². The molecule has 0 spiro atoms. The Bertz CT molecular complexity index is 1030. The van der Waals surface area contributed by atoms with Crippen molar-refractivity contribution in [1.82, 2.24) is 9.80 Å². The number of rotatable bonds is 7. The van der Waals surface area contributed by atoms with E-state index >= 15 is 0 Å². The molecule has 0 aliphatic carbocycles. The van der Waals surface area contributed by atoms with Crippen molar-refractivity contribution in [2.75, 3.05) is 33.4 Å². The molecule has 3 amide bonds. The number of halogens is 1. The molecule has 2 atom stereocenters. The molecule has 174 valence electrons. The zero-order valence-electron chi connectivity index (χ0n) is 18.8. The predicted molar refractivity (Wildman–Crippen MR) is 121 cm³/mol. The van der Waals surface area contributed by atoms with Crippen LogP contribution < -0.4 is 0 Å². The minimum Gasteiger partial charge on any atom is -0.383 e. The second kappa shape index (κ2) is 9.83. The van der Waals surface area contributed by atoms with Crippen molar-refractivity contribution in [3.63, 3.8) is 0 Å². The van der Waals surface area contributed by atoms with E-state index in [2.05, 4.69) is 12.1 Å². The van der Waals surface area contributed by atoms with E-state index < -0.39 is 23.0 Å². The van der Waals surface area contributed by atoms with Crippen LogP contribution in [0.3, 0.4) is 0 Å². The largest absolute Gasteiger partial charge is 0.383 e. The zero-order chi connectivity index (χ0) is 23.4. The number of nitrogens with zero attached hydrogens (tertiary/aromatic N) is 2. The van der Waals surface area contributed by atoms with E-state index in [1.165, 1.54) is 30.9 Å². The van der Waals surface area contributed by atoms with Crippen LogP contribution in [-0.4, -0.2) is 60.9 Å². The minimum atomic E-state index is -1.53. The van der Waals surface area contributed by atoms with Gasteiger partial charge in [0.2, 0.25) is 17.7 Å². The van der Waals surface area contributed by atoms with E-state index in [9.17, 15) is 18.8 Å². The SMILES string of the molecule is COCCN1C(=O)C[C@@](CC(=O)N2CCC[C@H](c3ccccc3)C2)(c2ccccc2F)C1=O. The lowest BCUT2D eigenvalue weighted by molar-refractivity contribution is -0.143. The Balaban J connectivity index is 1.61. The number of likely N-dealkylation sites (tertiary alicyclic amines) is 2. The maximum Gasteiger partial charge on any atom is 0.241 e. The van der Waals surface area contributed by atoms with Crippen LogP contribution in [0, 0.1) is 5.82 Å². The summed E-state index contributed by atoms with van der Waals surface area (Å²) in [6.07, 6.45) is 1.38. The van der Waals surface area contributed by atoms with Gasteiger partial charge in [-0.2, -0.15) is 0 Å². The fourth-order valence-corrected chi connectivity index (χ4v) is 5.07. The number of carbonyl (C=O) groups excluding carboxylic acids is 3. The Hall–Kier alpha value is -3.06. The quantitative estimate of drug-likeness (QED) is 0.605. The van der Waals surface area contributed by atoms with Crippen LogP contribution in [0.2, 0.25) is 0 Å². The molecule has 0 radical (unpaired) electrons. The molecule has 2 heterocycles. The van der Waals surface area contributed by atoms with Crippen molar-refractivity contribution >= 4 is 17.7 Å². The summed E-state index contributed by atoms with van der Waals surface area (Å²) >= 11 is 0. The molecule has 2 aromatic rings. The third kappa shape index (κ3) is 4.55. The molecular weight excluding hydrogens is 423 g/mol. The first-order valence-corrected chi connectivity index (χ1v) is 11.4. The number of carbonyl (C=O) groups is 3. The van der Waals surface area contributed by atoms with Gasteiger partial charge in [0, 0.05) is 44.5 Å². The van der Waals surface area contributed by atoms with Gasteiger partial charge in [-0.25, -0.2) is 4.39 Å². The predicted octanol–water partition coefficient (Wildman–Crippen LogP) is 3.27. The number of methoxy groups -OCH3 is 1. The molecule has 0 saturated carbocycles. The highest BCUT2D eigenvalue weighted by Crippen LogP contribution is 2.42. The van der Waals surface area contributed by atoms with Gasteiger partial charge >= 0.3 is 0 Å². The third-order valence-electron chi connectivity index (χ3n) is 6.82. The number of hydrogen-bond donors (Lipinski definition) is 0. The monoisotopic (exact) mass is 452 g/mol. The Kier molecular flexibility index (Phi) is 6.88. The molecule has 6 nitrogen and oxygen atoms in total. The van der Waals surface area contributed by atoms with Crippen LogP contribution in [0.5, 0.6) is 0 Å². The molecule has 4 rings (SSSR count). The Morgan fingerprint density at radius 3 is 2.58 bits per heavy atom. The van der Waals surface area contributed by atoms with Crippen molar-refractivity contribution in [2.24, 2.45) is 0 Å². The van der Waals surface area contributed by atoms with Gasteiger partial charge in [0.15, 0.2) is 0 Å². The maximum absolute atomic E-state index is 14.9. The van der Waals surface area contributed by atoms with E-state index in [0.717, 1.165) is 17.7 Å². The summed E-state index contributed by atoms with van der Waals surface area (Å²) in [5, 5.41) is 0. The lowest BCUT2D eigenvalue weighted by Gasteiger charge is -2.36. The summed E-state index contributed by atoms with van der Waals surface area (Å²) < 4.78 is 19.9. The third-order valence-corrected chi connectivity index (χ3v) is 6.82. The van der Waals surface area contributed by atoms with Gasteiger partial charge in [0.25, 0.3) is 0 Å². The van der Waals surface area contributed by atoms with E-state index in [0.29, 0.717) is 13.1 Å². The Morgan fingerprint density at radius 1 is 1.12 bits per heavy atom. The normalized spacial score (nSPS) is 23.3. The Labute approximate surface area is 193 Å². The zero-order valence-corrected chi connectivity index (χ0v) is 18.8.